The maximum atomic E-state index is 12.5. The summed E-state index contributed by atoms with van der Waals surface area (Å²) in [5, 5.41) is 3.43. The third-order valence-corrected chi connectivity index (χ3v) is 4.52. The number of amides is 2. The van der Waals surface area contributed by atoms with Crippen molar-refractivity contribution in [1.29, 1.82) is 0 Å². The molecule has 26 heavy (non-hydrogen) atoms. The van der Waals surface area contributed by atoms with Crippen molar-refractivity contribution in [2.45, 2.75) is 32.8 Å². The number of carbonyl (C=O) groups is 2. The van der Waals surface area contributed by atoms with Crippen LogP contribution in [0.2, 0.25) is 5.02 Å². The third-order valence-electron chi connectivity index (χ3n) is 4.27. The molecule has 0 saturated heterocycles. The molecule has 0 fully saturated rings. The second-order valence-corrected chi connectivity index (χ2v) is 6.68. The Morgan fingerprint density at radius 1 is 1.23 bits per heavy atom. The van der Waals surface area contributed by atoms with Crippen molar-refractivity contribution >= 4 is 34.8 Å². The van der Waals surface area contributed by atoms with Crippen molar-refractivity contribution in [3.8, 4) is 5.75 Å². The molecule has 136 valence electrons. The van der Waals surface area contributed by atoms with Crippen LogP contribution < -0.4 is 15.0 Å². The van der Waals surface area contributed by atoms with Gasteiger partial charge in [-0.25, -0.2) is 0 Å². The Labute approximate surface area is 157 Å². The molecule has 2 amide bonds. The van der Waals surface area contributed by atoms with E-state index >= 15 is 0 Å². The third kappa shape index (κ3) is 3.83. The first-order valence-electron chi connectivity index (χ1n) is 8.68. The number of fused-ring (bicyclic) bond motifs is 1. The lowest BCUT2D eigenvalue weighted by atomic mass is 10.1. The molecule has 6 heteroatoms. The van der Waals surface area contributed by atoms with E-state index in [1.807, 2.05) is 0 Å². The zero-order valence-corrected chi connectivity index (χ0v) is 15.5. The molecule has 5 nitrogen and oxygen atoms in total. The van der Waals surface area contributed by atoms with Gasteiger partial charge in [-0.3, -0.25) is 9.59 Å². The highest BCUT2D eigenvalue weighted by molar-refractivity contribution is 6.30. The molecule has 2 aromatic carbocycles. The minimum atomic E-state index is -0.506. The van der Waals surface area contributed by atoms with Gasteiger partial charge in [0.2, 0.25) is 0 Å². The van der Waals surface area contributed by atoms with E-state index in [4.69, 9.17) is 16.3 Å². The van der Waals surface area contributed by atoms with Crippen LogP contribution in [0.4, 0.5) is 11.4 Å². The number of halogens is 1. The Kier molecular flexibility index (Phi) is 5.47. The Hall–Kier alpha value is -2.53. The SMILES string of the molecule is CCCCN1C(=O)C(C)Oc2ccc(NC(=O)c3ccc(Cl)cc3)cc21. The lowest BCUT2D eigenvalue weighted by Crippen LogP contribution is -2.44. The molecule has 0 bridgehead atoms. The Balaban J connectivity index is 1.84. The Morgan fingerprint density at radius 2 is 1.96 bits per heavy atom. The average Bonchev–Trinajstić information content (AvgIpc) is 2.63. The first-order chi connectivity index (χ1) is 12.5. The fourth-order valence-electron chi connectivity index (χ4n) is 2.84. The van der Waals surface area contributed by atoms with Gasteiger partial charge >= 0.3 is 0 Å². The summed E-state index contributed by atoms with van der Waals surface area (Å²) in [5.41, 5.74) is 1.81. The highest BCUT2D eigenvalue weighted by Gasteiger charge is 2.31. The minimum Gasteiger partial charge on any atom is -0.479 e. The molecule has 3 rings (SSSR count). The molecule has 1 aliphatic rings. The number of carbonyl (C=O) groups excluding carboxylic acids is 2. The Morgan fingerprint density at radius 3 is 2.65 bits per heavy atom. The van der Waals surface area contributed by atoms with Gasteiger partial charge in [0.05, 0.1) is 5.69 Å². The summed E-state index contributed by atoms with van der Waals surface area (Å²) in [6.07, 6.45) is 1.38. The molecule has 1 atom stereocenters. The van der Waals surface area contributed by atoms with Gasteiger partial charge in [0.1, 0.15) is 5.75 Å². The molecule has 1 N–H and O–H groups in total. The van der Waals surface area contributed by atoms with Crippen molar-refractivity contribution in [2.24, 2.45) is 0 Å². The van der Waals surface area contributed by atoms with Crippen molar-refractivity contribution in [3.05, 3.63) is 53.1 Å². The maximum Gasteiger partial charge on any atom is 0.267 e. The summed E-state index contributed by atoms with van der Waals surface area (Å²) in [6.45, 7) is 4.46. The zero-order chi connectivity index (χ0) is 18.7. The second kappa shape index (κ2) is 7.79. The van der Waals surface area contributed by atoms with Gasteiger partial charge in [-0.05, 0) is 55.8 Å². The van der Waals surface area contributed by atoms with Gasteiger partial charge in [-0.1, -0.05) is 24.9 Å². The van der Waals surface area contributed by atoms with Gasteiger partial charge in [-0.15, -0.1) is 0 Å². The maximum absolute atomic E-state index is 12.5. The van der Waals surface area contributed by atoms with Gasteiger partial charge in [0.15, 0.2) is 6.10 Å². The predicted octanol–water partition coefficient (Wildman–Crippen LogP) is 4.51. The standard InChI is InChI=1S/C20H21ClN2O3/c1-3-4-11-23-17-12-16(9-10-18(17)26-13(2)20(23)25)22-19(24)14-5-7-15(21)8-6-14/h5-10,12-13H,3-4,11H2,1-2H3,(H,22,24). The Bertz CT molecular complexity index is 820. The molecule has 1 aliphatic heterocycles. The lowest BCUT2D eigenvalue weighted by Gasteiger charge is -2.33. The van der Waals surface area contributed by atoms with Crippen LogP contribution >= 0.6 is 11.6 Å². The smallest absolute Gasteiger partial charge is 0.267 e. The highest BCUT2D eigenvalue weighted by Crippen LogP contribution is 2.36. The van der Waals surface area contributed by atoms with Crippen LogP contribution in [0.1, 0.15) is 37.0 Å². The number of anilines is 2. The molecule has 0 aromatic heterocycles. The van der Waals surface area contributed by atoms with Crippen LogP contribution in [0.5, 0.6) is 5.75 Å². The number of nitrogens with zero attached hydrogens (tertiary/aromatic N) is 1. The van der Waals surface area contributed by atoms with E-state index in [9.17, 15) is 9.59 Å². The minimum absolute atomic E-state index is 0.0628. The molecule has 0 spiro atoms. The van der Waals surface area contributed by atoms with Crippen molar-refractivity contribution in [2.75, 3.05) is 16.8 Å². The van der Waals surface area contributed by atoms with Crippen LogP contribution in [0, 0.1) is 0 Å². The molecule has 0 aliphatic carbocycles. The first-order valence-corrected chi connectivity index (χ1v) is 9.06. The van der Waals surface area contributed by atoms with Crippen molar-refractivity contribution in [3.63, 3.8) is 0 Å². The number of hydrogen-bond donors (Lipinski definition) is 1. The molecule has 1 unspecified atom stereocenters. The second-order valence-electron chi connectivity index (χ2n) is 6.25. The topological polar surface area (TPSA) is 58.6 Å². The predicted molar refractivity (Wildman–Crippen MR) is 103 cm³/mol. The van der Waals surface area contributed by atoms with E-state index in [0.29, 0.717) is 34.3 Å². The number of rotatable bonds is 5. The summed E-state index contributed by atoms with van der Waals surface area (Å²) >= 11 is 5.86. The van der Waals surface area contributed by atoms with Gasteiger partial charge in [-0.2, -0.15) is 0 Å². The summed E-state index contributed by atoms with van der Waals surface area (Å²) in [4.78, 5) is 26.6. The van der Waals surface area contributed by atoms with E-state index in [2.05, 4.69) is 12.2 Å². The van der Waals surface area contributed by atoms with Crippen molar-refractivity contribution in [1.82, 2.24) is 0 Å². The van der Waals surface area contributed by atoms with E-state index in [0.717, 1.165) is 12.8 Å². The summed E-state index contributed by atoms with van der Waals surface area (Å²) in [6, 6.07) is 12.0. The number of ether oxygens (including phenoxy) is 1. The highest BCUT2D eigenvalue weighted by atomic mass is 35.5. The van der Waals surface area contributed by atoms with E-state index < -0.39 is 6.10 Å². The summed E-state index contributed by atoms with van der Waals surface area (Å²) < 4.78 is 5.69. The monoisotopic (exact) mass is 372 g/mol. The first kappa shape index (κ1) is 18.3. The van der Waals surface area contributed by atoms with Crippen LogP contribution in [0.25, 0.3) is 0 Å². The largest absolute Gasteiger partial charge is 0.479 e. The van der Waals surface area contributed by atoms with E-state index in [-0.39, 0.29) is 11.8 Å². The van der Waals surface area contributed by atoms with Crippen LogP contribution in [-0.2, 0) is 4.79 Å². The number of hydrogen-bond acceptors (Lipinski definition) is 3. The van der Waals surface area contributed by atoms with E-state index in [1.54, 1.807) is 54.3 Å². The molecule has 0 saturated carbocycles. The van der Waals surface area contributed by atoms with Gasteiger partial charge in [0, 0.05) is 22.8 Å². The number of nitrogens with one attached hydrogen (secondary N) is 1. The molecular formula is C20H21ClN2O3. The average molecular weight is 373 g/mol. The van der Waals surface area contributed by atoms with Crippen LogP contribution in [-0.4, -0.2) is 24.5 Å². The van der Waals surface area contributed by atoms with Crippen molar-refractivity contribution < 1.29 is 14.3 Å². The normalized spacial score (nSPS) is 16.0. The number of benzene rings is 2. The fraction of sp³-hybridized carbons (Fsp3) is 0.300. The van der Waals surface area contributed by atoms with Gasteiger partial charge in [0.25, 0.3) is 11.8 Å². The number of unbranched alkanes of at least 4 members (excludes halogenated alkanes) is 1. The molecule has 2 aromatic rings. The summed E-state index contributed by atoms with van der Waals surface area (Å²) in [5.74, 6) is 0.350. The summed E-state index contributed by atoms with van der Waals surface area (Å²) in [7, 11) is 0. The van der Waals surface area contributed by atoms with Crippen LogP contribution in [0.15, 0.2) is 42.5 Å². The molecule has 1 heterocycles. The van der Waals surface area contributed by atoms with Gasteiger partial charge < -0.3 is 15.0 Å². The molecule has 0 radical (unpaired) electrons. The fourth-order valence-corrected chi connectivity index (χ4v) is 2.96. The van der Waals surface area contributed by atoms with Crippen LogP contribution in [0.3, 0.4) is 0 Å². The zero-order valence-electron chi connectivity index (χ0n) is 14.8. The molecular weight excluding hydrogens is 352 g/mol. The lowest BCUT2D eigenvalue weighted by molar-refractivity contribution is -0.125. The quantitative estimate of drug-likeness (QED) is 0.840. The van der Waals surface area contributed by atoms with E-state index in [1.165, 1.54) is 0 Å².